The lowest BCUT2D eigenvalue weighted by Crippen LogP contribution is -2.48. The molecular formula is C23H32N2O4S. The van der Waals surface area contributed by atoms with Crippen LogP contribution in [0, 0.1) is 6.92 Å². The third-order valence-electron chi connectivity index (χ3n) is 5.84. The molecule has 3 rings (SSSR count). The number of sulfonamides is 1. The molecular weight excluding hydrogens is 400 g/mol. The van der Waals surface area contributed by atoms with Crippen molar-refractivity contribution in [2.75, 3.05) is 40.9 Å². The summed E-state index contributed by atoms with van der Waals surface area (Å²) in [4.78, 5) is 2.65. The summed E-state index contributed by atoms with van der Waals surface area (Å²) in [6.07, 6.45) is 2.73. The summed E-state index contributed by atoms with van der Waals surface area (Å²) in [6.45, 7) is 3.91. The quantitative estimate of drug-likeness (QED) is 0.640. The second-order valence-electron chi connectivity index (χ2n) is 7.89. The molecule has 1 aliphatic heterocycles. The van der Waals surface area contributed by atoms with E-state index in [1.165, 1.54) is 5.56 Å². The highest BCUT2D eigenvalue weighted by Crippen LogP contribution is 2.28. The summed E-state index contributed by atoms with van der Waals surface area (Å²) >= 11 is 0. The number of methoxy groups -OCH3 is 2. The van der Waals surface area contributed by atoms with E-state index in [-0.39, 0.29) is 6.04 Å². The number of ether oxygens (including phenoxy) is 2. The minimum Gasteiger partial charge on any atom is -0.493 e. The fourth-order valence-electron chi connectivity index (χ4n) is 3.88. The van der Waals surface area contributed by atoms with Gasteiger partial charge in [-0.3, -0.25) is 0 Å². The number of likely N-dealkylation sites (N-methyl/N-ethyl adjacent to an activating group) is 1. The molecule has 0 aromatic heterocycles. The van der Waals surface area contributed by atoms with Gasteiger partial charge in [0.05, 0.1) is 19.1 Å². The SMILES string of the molecule is COc1ccc(CCN(C)C2CCCN(S(=O)(=O)c3ccc(C)cc3)C2)cc1OC. The molecule has 6 nitrogen and oxygen atoms in total. The van der Waals surface area contributed by atoms with E-state index in [9.17, 15) is 8.42 Å². The normalized spacial score (nSPS) is 17.8. The Labute approximate surface area is 180 Å². The highest BCUT2D eigenvalue weighted by molar-refractivity contribution is 7.89. The standard InChI is InChI=1S/C23H32N2O4S/c1-18-7-10-21(11-8-18)30(26,27)25-14-5-6-20(17-25)24(2)15-13-19-9-12-22(28-3)23(16-19)29-4/h7-12,16,20H,5-6,13-15,17H2,1-4H3. The molecule has 164 valence electrons. The molecule has 1 fully saturated rings. The fourth-order valence-corrected chi connectivity index (χ4v) is 5.40. The first-order chi connectivity index (χ1) is 14.3. The van der Waals surface area contributed by atoms with Crippen LogP contribution in [-0.2, 0) is 16.4 Å². The third-order valence-corrected chi connectivity index (χ3v) is 7.72. The van der Waals surface area contributed by atoms with Crippen molar-refractivity contribution >= 4 is 10.0 Å². The molecule has 30 heavy (non-hydrogen) atoms. The molecule has 0 spiro atoms. The number of hydrogen-bond acceptors (Lipinski definition) is 5. The van der Waals surface area contributed by atoms with Gasteiger partial charge in [-0.05, 0) is 63.1 Å². The van der Waals surface area contributed by atoms with Gasteiger partial charge in [0.15, 0.2) is 11.5 Å². The summed E-state index contributed by atoms with van der Waals surface area (Å²) in [6, 6.07) is 13.3. The van der Waals surface area contributed by atoms with Gasteiger partial charge >= 0.3 is 0 Å². The zero-order valence-corrected chi connectivity index (χ0v) is 19.1. The molecule has 1 aliphatic rings. The summed E-state index contributed by atoms with van der Waals surface area (Å²) in [5, 5.41) is 0. The van der Waals surface area contributed by atoms with Crippen molar-refractivity contribution in [3.05, 3.63) is 53.6 Å². The summed E-state index contributed by atoms with van der Waals surface area (Å²) < 4.78 is 38.4. The van der Waals surface area contributed by atoms with E-state index in [0.29, 0.717) is 18.0 Å². The van der Waals surface area contributed by atoms with E-state index < -0.39 is 10.0 Å². The van der Waals surface area contributed by atoms with Crippen molar-refractivity contribution in [2.45, 2.75) is 37.1 Å². The van der Waals surface area contributed by atoms with Crippen molar-refractivity contribution in [1.82, 2.24) is 9.21 Å². The zero-order chi connectivity index (χ0) is 21.7. The Bertz CT molecular complexity index is 944. The third kappa shape index (κ3) is 5.14. The van der Waals surface area contributed by atoms with Crippen LogP contribution in [0.5, 0.6) is 11.5 Å². The van der Waals surface area contributed by atoms with Gasteiger partial charge in [0.2, 0.25) is 10.0 Å². The first kappa shape index (κ1) is 22.6. The lowest BCUT2D eigenvalue weighted by Gasteiger charge is -2.37. The van der Waals surface area contributed by atoms with Crippen molar-refractivity contribution in [3.8, 4) is 11.5 Å². The molecule has 1 unspecified atom stereocenters. The topological polar surface area (TPSA) is 59.1 Å². The Morgan fingerprint density at radius 2 is 1.77 bits per heavy atom. The number of benzene rings is 2. The van der Waals surface area contributed by atoms with Gasteiger partial charge in [-0.15, -0.1) is 0 Å². The largest absolute Gasteiger partial charge is 0.493 e. The Balaban J connectivity index is 1.63. The van der Waals surface area contributed by atoms with Crippen molar-refractivity contribution in [1.29, 1.82) is 0 Å². The van der Waals surface area contributed by atoms with Gasteiger partial charge in [0.25, 0.3) is 0 Å². The summed E-state index contributed by atoms with van der Waals surface area (Å²) in [7, 11) is 1.89. The lowest BCUT2D eigenvalue weighted by atomic mass is 10.1. The van der Waals surface area contributed by atoms with Gasteiger partial charge in [-0.2, -0.15) is 4.31 Å². The monoisotopic (exact) mass is 432 g/mol. The van der Waals surface area contributed by atoms with Crippen LogP contribution in [-0.4, -0.2) is 64.6 Å². The number of hydrogen-bond donors (Lipinski definition) is 0. The summed E-state index contributed by atoms with van der Waals surface area (Å²) in [5.74, 6) is 1.45. The number of aryl methyl sites for hydroxylation is 1. The van der Waals surface area contributed by atoms with Crippen molar-refractivity contribution in [3.63, 3.8) is 0 Å². The van der Waals surface area contributed by atoms with Crippen LogP contribution in [0.1, 0.15) is 24.0 Å². The molecule has 7 heteroatoms. The first-order valence-corrected chi connectivity index (χ1v) is 11.8. The average molecular weight is 433 g/mol. The van der Waals surface area contributed by atoms with Crippen LogP contribution in [0.4, 0.5) is 0 Å². The minimum atomic E-state index is -3.45. The predicted octanol–water partition coefficient (Wildman–Crippen LogP) is 3.34. The highest BCUT2D eigenvalue weighted by Gasteiger charge is 2.31. The van der Waals surface area contributed by atoms with Crippen LogP contribution in [0.25, 0.3) is 0 Å². The molecule has 2 aromatic rings. The van der Waals surface area contributed by atoms with E-state index in [1.54, 1.807) is 30.7 Å². The second kappa shape index (κ2) is 9.81. The maximum absolute atomic E-state index is 13.1. The Morgan fingerprint density at radius 3 is 2.43 bits per heavy atom. The number of piperidine rings is 1. The van der Waals surface area contributed by atoms with Crippen molar-refractivity contribution in [2.24, 2.45) is 0 Å². The fraction of sp³-hybridized carbons (Fsp3) is 0.478. The molecule has 0 bridgehead atoms. The van der Waals surface area contributed by atoms with Crippen LogP contribution < -0.4 is 9.47 Å². The lowest BCUT2D eigenvalue weighted by molar-refractivity contribution is 0.164. The van der Waals surface area contributed by atoms with Crippen LogP contribution in [0.15, 0.2) is 47.4 Å². The number of nitrogens with zero attached hydrogens (tertiary/aromatic N) is 2. The minimum absolute atomic E-state index is 0.208. The maximum atomic E-state index is 13.1. The van der Waals surface area contributed by atoms with Gasteiger partial charge in [-0.25, -0.2) is 8.42 Å². The Hall–Kier alpha value is -2.09. The summed E-state index contributed by atoms with van der Waals surface area (Å²) in [5.41, 5.74) is 2.22. The van der Waals surface area contributed by atoms with E-state index in [0.717, 1.165) is 42.9 Å². The van der Waals surface area contributed by atoms with E-state index in [4.69, 9.17) is 9.47 Å². The average Bonchev–Trinajstić information content (AvgIpc) is 2.77. The van der Waals surface area contributed by atoms with Gasteiger partial charge in [0.1, 0.15) is 0 Å². The molecule has 0 N–H and O–H groups in total. The molecule has 1 saturated heterocycles. The smallest absolute Gasteiger partial charge is 0.243 e. The molecule has 1 heterocycles. The predicted molar refractivity (Wildman–Crippen MR) is 119 cm³/mol. The Morgan fingerprint density at radius 1 is 1.07 bits per heavy atom. The molecule has 0 aliphatic carbocycles. The molecule has 0 saturated carbocycles. The molecule has 2 aromatic carbocycles. The first-order valence-electron chi connectivity index (χ1n) is 10.3. The van der Waals surface area contributed by atoms with Crippen LogP contribution in [0.2, 0.25) is 0 Å². The Kier molecular flexibility index (Phi) is 7.39. The van der Waals surface area contributed by atoms with Crippen LogP contribution >= 0.6 is 0 Å². The highest BCUT2D eigenvalue weighted by atomic mass is 32.2. The van der Waals surface area contributed by atoms with E-state index in [1.807, 2.05) is 37.3 Å². The number of rotatable bonds is 8. The molecule has 0 amide bonds. The van der Waals surface area contributed by atoms with Crippen molar-refractivity contribution < 1.29 is 17.9 Å². The second-order valence-corrected chi connectivity index (χ2v) is 9.83. The van der Waals surface area contributed by atoms with E-state index in [2.05, 4.69) is 11.9 Å². The van der Waals surface area contributed by atoms with Gasteiger partial charge < -0.3 is 14.4 Å². The van der Waals surface area contributed by atoms with E-state index >= 15 is 0 Å². The van der Waals surface area contributed by atoms with Gasteiger partial charge in [0, 0.05) is 25.7 Å². The molecule has 1 atom stereocenters. The maximum Gasteiger partial charge on any atom is 0.243 e. The zero-order valence-electron chi connectivity index (χ0n) is 18.3. The van der Waals surface area contributed by atoms with Gasteiger partial charge in [-0.1, -0.05) is 23.8 Å². The van der Waals surface area contributed by atoms with Crippen LogP contribution in [0.3, 0.4) is 0 Å². The molecule has 0 radical (unpaired) electrons.